The molecule has 1 aliphatic rings. The lowest BCUT2D eigenvalue weighted by atomic mass is 10.1. The molecule has 2 aromatic heterocycles. The van der Waals surface area contributed by atoms with E-state index >= 15 is 0 Å². The van der Waals surface area contributed by atoms with Crippen LogP contribution in [-0.4, -0.2) is 66.1 Å². The smallest absolute Gasteiger partial charge is 0.421 e. The lowest BCUT2D eigenvalue weighted by Gasteiger charge is -2.24. The van der Waals surface area contributed by atoms with Gasteiger partial charge in [0, 0.05) is 55.1 Å². The van der Waals surface area contributed by atoms with Gasteiger partial charge in [-0.1, -0.05) is 12.1 Å². The number of rotatable bonds is 7. The minimum Gasteiger partial charge on any atom is -0.495 e. The van der Waals surface area contributed by atoms with E-state index in [0.717, 1.165) is 31.4 Å². The third-order valence-electron chi connectivity index (χ3n) is 7.04. The third-order valence-corrected chi connectivity index (χ3v) is 7.04. The van der Waals surface area contributed by atoms with E-state index in [1.165, 1.54) is 14.0 Å². The number of anilines is 4. The maximum atomic E-state index is 14.0. The van der Waals surface area contributed by atoms with E-state index in [1.54, 1.807) is 36.5 Å². The molecular formula is C28H30F3N7O2. The molecule has 4 aromatic rings. The monoisotopic (exact) mass is 553 g/mol. The quantitative estimate of drug-likeness (QED) is 0.278. The van der Waals surface area contributed by atoms with E-state index in [2.05, 4.69) is 35.4 Å². The number of fused-ring (bicyclic) bond motifs is 1. The van der Waals surface area contributed by atoms with Crippen molar-refractivity contribution in [3.63, 3.8) is 0 Å². The molecule has 0 radical (unpaired) electrons. The number of methoxy groups -OCH3 is 1. The van der Waals surface area contributed by atoms with Crippen LogP contribution in [0.4, 0.5) is 36.1 Å². The average Bonchev–Trinajstić information content (AvgIpc) is 3.56. The van der Waals surface area contributed by atoms with Gasteiger partial charge in [-0.2, -0.15) is 13.2 Å². The first-order valence-electron chi connectivity index (χ1n) is 12.7. The van der Waals surface area contributed by atoms with Crippen LogP contribution in [0.15, 0.2) is 48.8 Å². The number of carbonyl (C=O) groups is 1. The van der Waals surface area contributed by atoms with Crippen molar-refractivity contribution in [2.75, 3.05) is 49.8 Å². The number of H-pyrrole nitrogens is 1. The zero-order chi connectivity index (χ0) is 28.6. The number of alkyl halides is 3. The maximum Gasteiger partial charge on any atom is 0.421 e. The topological polar surface area (TPSA) is 98.4 Å². The van der Waals surface area contributed by atoms with Crippen molar-refractivity contribution >= 4 is 39.7 Å². The SMILES string of the molecule is COc1cccc2c(-c3ncc(C(F)(F)F)c(Nc4ccc(N5CC[C@H](N(C)C)C5)c(NC(C)=O)c4)n3)c[nH]c12. The van der Waals surface area contributed by atoms with E-state index in [1.807, 2.05) is 20.2 Å². The predicted octanol–water partition coefficient (Wildman–Crippen LogP) is 5.49. The molecule has 3 heterocycles. The number of amides is 1. The second kappa shape index (κ2) is 10.7. The number of para-hydroxylation sites is 1. The summed E-state index contributed by atoms with van der Waals surface area (Å²) in [6.45, 7) is 2.96. The Morgan fingerprint density at radius 2 is 2.02 bits per heavy atom. The molecule has 9 nitrogen and oxygen atoms in total. The van der Waals surface area contributed by atoms with Gasteiger partial charge in [0.25, 0.3) is 0 Å². The summed E-state index contributed by atoms with van der Waals surface area (Å²) in [7, 11) is 5.59. The first-order valence-corrected chi connectivity index (χ1v) is 12.7. The van der Waals surface area contributed by atoms with Gasteiger partial charge in [-0.3, -0.25) is 4.79 Å². The van der Waals surface area contributed by atoms with E-state index < -0.39 is 17.6 Å². The number of ether oxygens (including phenoxy) is 1. The minimum atomic E-state index is -4.69. The summed E-state index contributed by atoms with van der Waals surface area (Å²) in [5.41, 5.74) is 1.86. The van der Waals surface area contributed by atoms with Gasteiger partial charge in [0.15, 0.2) is 5.82 Å². The number of hydrogen-bond donors (Lipinski definition) is 3. The molecule has 1 amide bonds. The van der Waals surface area contributed by atoms with E-state index in [4.69, 9.17) is 4.74 Å². The van der Waals surface area contributed by atoms with Gasteiger partial charge in [-0.05, 0) is 44.8 Å². The first kappa shape index (κ1) is 27.3. The van der Waals surface area contributed by atoms with Crippen LogP contribution >= 0.6 is 0 Å². The van der Waals surface area contributed by atoms with Crippen molar-refractivity contribution in [1.82, 2.24) is 19.9 Å². The molecule has 1 atom stereocenters. The molecule has 0 aliphatic carbocycles. The van der Waals surface area contributed by atoms with Crippen molar-refractivity contribution in [2.24, 2.45) is 0 Å². The number of aromatic nitrogens is 3. The number of nitrogens with one attached hydrogen (secondary N) is 3. The zero-order valence-electron chi connectivity index (χ0n) is 22.6. The second-order valence-electron chi connectivity index (χ2n) is 9.93. The van der Waals surface area contributed by atoms with Gasteiger partial charge in [-0.25, -0.2) is 9.97 Å². The van der Waals surface area contributed by atoms with Gasteiger partial charge in [0.1, 0.15) is 17.1 Å². The molecule has 40 heavy (non-hydrogen) atoms. The number of nitrogens with zero attached hydrogens (tertiary/aromatic N) is 4. The number of halogens is 3. The molecule has 1 aliphatic heterocycles. The molecule has 0 saturated carbocycles. The summed E-state index contributed by atoms with van der Waals surface area (Å²) in [6, 6.07) is 10.8. The normalized spacial score (nSPS) is 15.6. The van der Waals surface area contributed by atoms with Gasteiger partial charge in [0.05, 0.1) is 24.0 Å². The molecule has 210 valence electrons. The fraction of sp³-hybridized carbons (Fsp3) is 0.321. The lowest BCUT2D eigenvalue weighted by molar-refractivity contribution is -0.137. The van der Waals surface area contributed by atoms with E-state index in [9.17, 15) is 18.0 Å². The summed E-state index contributed by atoms with van der Waals surface area (Å²) in [5.74, 6) is 0.0249. The highest BCUT2D eigenvalue weighted by atomic mass is 19.4. The Morgan fingerprint density at radius 1 is 1.23 bits per heavy atom. The molecule has 1 fully saturated rings. The van der Waals surface area contributed by atoms with Gasteiger partial charge in [0.2, 0.25) is 5.91 Å². The van der Waals surface area contributed by atoms with Crippen LogP contribution in [0.1, 0.15) is 18.9 Å². The van der Waals surface area contributed by atoms with Gasteiger partial charge in [-0.15, -0.1) is 0 Å². The highest BCUT2D eigenvalue weighted by Crippen LogP contribution is 2.39. The molecule has 12 heteroatoms. The highest BCUT2D eigenvalue weighted by Gasteiger charge is 2.36. The van der Waals surface area contributed by atoms with Crippen LogP contribution in [0.2, 0.25) is 0 Å². The van der Waals surface area contributed by atoms with Gasteiger partial charge < -0.3 is 30.2 Å². The molecule has 0 bridgehead atoms. The molecule has 5 rings (SSSR count). The molecule has 1 saturated heterocycles. The Morgan fingerprint density at radius 3 is 2.70 bits per heavy atom. The second-order valence-corrected chi connectivity index (χ2v) is 9.93. The molecule has 2 aromatic carbocycles. The summed E-state index contributed by atoms with van der Waals surface area (Å²) >= 11 is 0. The van der Waals surface area contributed by atoms with E-state index in [-0.39, 0.29) is 11.7 Å². The van der Waals surface area contributed by atoms with Crippen LogP contribution in [0.5, 0.6) is 5.75 Å². The Labute approximate surface area is 229 Å². The molecule has 0 unspecified atom stereocenters. The molecule has 3 N–H and O–H groups in total. The fourth-order valence-electron chi connectivity index (χ4n) is 4.99. The number of likely N-dealkylation sites (N-methyl/N-ethyl adjacent to an activating group) is 1. The largest absolute Gasteiger partial charge is 0.495 e. The van der Waals surface area contributed by atoms with Crippen molar-refractivity contribution < 1.29 is 22.7 Å². The average molecular weight is 554 g/mol. The van der Waals surface area contributed by atoms with E-state index in [0.29, 0.717) is 39.6 Å². The Balaban J connectivity index is 1.53. The summed E-state index contributed by atoms with van der Waals surface area (Å²) < 4.78 is 47.3. The highest BCUT2D eigenvalue weighted by molar-refractivity contribution is 5.97. The zero-order valence-corrected chi connectivity index (χ0v) is 22.6. The summed E-state index contributed by atoms with van der Waals surface area (Å²) in [6.07, 6.45) is -1.31. The Bertz CT molecular complexity index is 1550. The van der Waals surface area contributed by atoms with Crippen molar-refractivity contribution in [3.05, 3.63) is 54.4 Å². The number of benzene rings is 2. The van der Waals surface area contributed by atoms with Crippen LogP contribution in [-0.2, 0) is 11.0 Å². The van der Waals surface area contributed by atoms with Crippen LogP contribution < -0.4 is 20.3 Å². The predicted molar refractivity (Wildman–Crippen MR) is 149 cm³/mol. The number of hydrogen-bond acceptors (Lipinski definition) is 7. The number of carbonyl (C=O) groups excluding carboxylic acids is 1. The fourth-order valence-corrected chi connectivity index (χ4v) is 4.99. The number of aromatic amines is 1. The standard InChI is InChI=1S/C28H30F3N7O2/c1-16(39)34-22-12-17(8-9-23(22)38-11-10-18(15-38)37(2)3)35-27-21(28(29,30)31)14-33-26(36-27)20-13-32-25-19(20)6-5-7-24(25)40-4/h5-9,12-14,18,32H,10-11,15H2,1-4H3,(H,34,39)(H,33,35,36)/t18-/m0/s1. The van der Waals surface area contributed by atoms with Crippen molar-refractivity contribution in [1.29, 1.82) is 0 Å². The van der Waals surface area contributed by atoms with Crippen molar-refractivity contribution in [3.8, 4) is 17.1 Å². The van der Waals surface area contributed by atoms with Crippen LogP contribution in [0.3, 0.4) is 0 Å². The molecular weight excluding hydrogens is 523 g/mol. The lowest BCUT2D eigenvalue weighted by Crippen LogP contribution is -2.31. The summed E-state index contributed by atoms with van der Waals surface area (Å²) in [4.78, 5) is 27.7. The Hall–Kier alpha value is -4.32. The van der Waals surface area contributed by atoms with Gasteiger partial charge >= 0.3 is 6.18 Å². The van der Waals surface area contributed by atoms with Crippen molar-refractivity contribution in [2.45, 2.75) is 25.6 Å². The van der Waals surface area contributed by atoms with Crippen LogP contribution in [0.25, 0.3) is 22.3 Å². The Kier molecular flexibility index (Phi) is 7.28. The molecule has 0 spiro atoms. The minimum absolute atomic E-state index is 0.112. The summed E-state index contributed by atoms with van der Waals surface area (Å²) in [5, 5.41) is 6.36. The van der Waals surface area contributed by atoms with Crippen LogP contribution in [0, 0.1) is 0 Å². The third kappa shape index (κ3) is 5.39. The maximum absolute atomic E-state index is 14.0. The first-order chi connectivity index (χ1) is 19.0.